The van der Waals surface area contributed by atoms with Gasteiger partial charge in [0.15, 0.2) is 5.90 Å². The summed E-state index contributed by atoms with van der Waals surface area (Å²) >= 11 is 1.55. The van der Waals surface area contributed by atoms with Crippen LogP contribution in [0.25, 0.3) is 11.0 Å². The average molecular weight is 528 g/mol. The fourth-order valence-corrected chi connectivity index (χ4v) is 4.95. The monoisotopic (exact) mass is 527 g/mol. The topological polar surface area (TPSA) is 109 Å². The number of hydrogen-bond donors (Lipinski definition) is 1. The highest BCUT2D eigenvalue weighted by atomic mass is 32.1. The van der Waals surface area contributed by atoms with Gasteiger partial charge in [0.05, 0.1) is 23.6 Å². The minimum Gasteiger partial charge on any atom is -0.481 e. The normalized spacial score (nSPS) is 13.0. The number of nitrogens with one attached hydrogen (secondary N) is 1. The van der Waals surface area contributed by atoms with Gasteiger partial charge in [0.25, 0.3) is 0 Å². The van der Waals surface area contributed by atoms with Crippen LogP contribution < -0.4 is 4.90 Å². The summed E-state index contributed by atoms with van der Waals surface area (Å²) in [4.78, 5) is 15.6. The highest BCUT2D eigenvalue weighted by molar-refractivity contribution is 7.15. The predicted molar refractivity (Wildman–Crippen MR) is 151 cm³/mol. The molecule has 194 valence electrons. The van der Waals surface area contributed by atoms with Gasteiger partial charge in [-0.1, -0.05) is 44.8 Å². The largest absolute Gasteiger partial charge is 0.481 e. The van der Waals surface area contributed by atoms with E-state index in [0.29, 0.717) is 37.2 Å². The van der Waals surface area contributed by atoms with Crippen LogP contribution in [-0.2, 0) is 9.47 Å². The first-order valence-corrected chi connectivity index (χ1v) is 16.7. The SMILES string of the molecule is CCOC(=N)C(C=NC)c1cnc2ccc(N(COCC[Si](C)(C)C)c3nnc(C(C)C)s3)nc2c1. The van der Waals surface area contributed by atoms with Crippen LogP contribution >= 0.6 is 11.3 Å². The number of nitrogens with zero attached hydrogens (tertiary/aromatic N) is 6. The molecular weight excluding hydrogens is 490 g/mol. The van der Waals surface area contributed by atoms with E-state index in [2.05, 4.69) is 53.7 Å². The molecule has 0 saturated carbocycles. The van der Waals surface area contributed by atoms with Crippen molar-refractivity contribution in [3.05, 3.63) is 35.0 Å². The third kappa shape index (κ3) is 7.37. The van der Waals surface area contributed by atoms with Gasteiger partial charge in [0.2, 0.25) is 5.13 Å². The molecule has 0 aromatic carbocycles. The number of ether oxygens (including phenoxy) is 2. The van der Waals surface area contributed by atoms with Crippen LogP contribution in [0.15, 0.2) is 29.4 Å². The number of aliphatic imine (C=N–C) groups is 1. The lowest BCUT2D eigenvalue weighted by molar-refractivity contribution is 0.153. The molecule has 0 amide bonds. The van der Waals surface area contributed by atoms with Crippen LogP contribution in [0.1, 0.15) is 43.2 Å². The Hall–Kier alpha value is -2.76. The molecule has 1 unspecified atom stereocenters. The van der Waals surface area contributed by atoms with Crippen LogP contribution in [0, 0.1) is 5.41 Å². The van der Waals surface area contributed by atoms with Crippen LogP contribution in [0.4, 0.5) is 10.9 Å². The number of anilines is 2. The molecule has 9 nitrogen and oxygen atoms in total. The Morgan fingerprint density at radius 3 is 2.64 bits per heavy atom. The van der Waals surface area contributed by atoms with Crippen molar-refractivity contribution in [1.29, 1.82) is 5.41 Å². The number of aromatic nitrogens is 4. The predicted octanol–water partition coefficient (Wildman–Crippen LogP) is 5.85. The summed E-state index contributed by atoms with van der Waals surface area (Å²) in [5.41, 5.74) is 2.27. The Morgan fingerprint density at radius 1 is 1.22 bits per heavy atom. The lowest BCUT2D eigenvalue weighted by Gasteiger charge is -2.22. The Morgan fingerprint density at radius 2 is 2.00 bits per heavy atom. The first-order valence-electron chi connectivity index (χ1n) is 12.2. The summed E-state index contributed by atoms with van der Waals surface area (Å²) in [6, 6.07) is 6.90. The van der Waals surface area contributed by atoms with Crippen molar-refractivity contribution < 1.29 is 9.47 Å². The zero-order chi connectivity index (χ0) is 26.3. The van der Waals surface area contributed by atoms with Gasteiger partial charge in [-0.15, -0.1) is 10.2 Å². The van der Waals surface area contributed by atoms with Crippen molar-refractivity contribution in [3.8, 4) is 0 Å². The maximum atomic E-state index is 8.30. The fraction of sp³-hybridized carbons (Fsp3) is 0.520. The van der Waals surface area contributed by atoms with Gasteiger partial charge < -0.3 is 9.47 Å². The minimum absolute atomic E-state index is 0.132. The summed E-state index contributed by atoms with van der Waals surface area (Å²) in [5.74, 6) is 0.713. The highest BCUT2D eigenvalue weighted by Gasteiger charge is 2.21. The van der Waals surface area contributed by atoms with E-state index in [0.717, 1.165) is 27.3 Å². The third-order valence-corrected chi connectivity index (χ3v) is 8.38. The third-order valence-electron chi connectivity index (χ3n) is 5.43. The molecule has 1 atom stereocenters. The second-order valence-corrected chi connectivity index (χ2v) is 16.6. The van der Waals surface area contributed by atoms with Crippen LogP contribution in [-0.4, -0.2) is 67.3 Å². The summed E-state index contributed by atoms with van der Waals surface area (Å²) in [6.07, 6.45) is 3.44. The Kier molecular flexibility index (Phi) is 9.63. The van der Waals surface area contributed by atoms with Crippen molar-refractivity contribution in [1.82, 2.24) is 20.2 Å². The number of hydrogen-bond acceptors (Lipinski definition) is 10. The second kappa shape index (κ2) is 12.5. The summed E-state index contributed by atoms with van der Waals surface area (Å²) in [5, 5.41) is 18.8. The first-order chi connectivity index (χ1) is 17.1. The number of pyridine rings is 2. The minimum atomic E-state index is -1.21. The molecule has 0 spiro atoms. The summed E-state index contributed by atoms with van der Waals surface area (Å²) in [7, 11) is 0.480. The van der Waals surface area contributed by atoms with Crippen molar-refractivity contribution >= 4 is 53.5 Å². The first kappa shape index (κ1) is 27.8. The van der Waals surface area contributed by atoms with E-state index in [1.54, 1.807) is 30.8 Å². The molecule has 3 aromatic rings. The Bertz CT molecular complexity index is 1190. The van der Waals surface area contributed by atoms with Crippen LogP contribution in [0.3, 0.4) is 0 Å². The molecule has 0 aliphatic carbocycles. The molecule has 11 heteroatoms. The van der Waals surface area contributed by atoms with Gasteiger partial charge in [0.1, 0.15) is 17.6 Å². The quantitative estimate of drug-likeness (QED) is 0.103. The molecule has 0 saturated heterocycles. The van der Waals surface area contributed by atoms with Crippen molar-refractivity contribution in [2.75, 3.05) is 31.9 Å². The van der Waals surface area contributed by atoms with E-state index in [-0.39, 0.29) is 5.90 Å². The van der Waals surface area contributed by atoms with Crippen LogP contribution in [0.5, 0.6) is 0 Å². The Balaban J connectivity index is 1.96. The summed E-state index contributed by atoms with van der Waals surface area (Å²) < 4.78 is 11.5. The summed E-state index contributed by atoms with van der Waals surface area (Å²) in [6.45, 7) is 14.5. The maximum absolute atomic E-state index is 8.30. The molecule has 0 fully saturated rings. The fourth-order valence-electron chi connectivity index (χ4n) is 3.35. The van der Waals surface area contributed by atoms with Gasteiger partial charge in [0, 0.05) is 40.1 Å². The molecule has 0 aliphatic heterocycles. The van der Waals surface area contributed by atoms with Crippen LogP contribution in [0.2, 0.25) is 25.7 Å². The van der Waals surface area contributed by atoms with E-state index in [4.69, 9.17) is 19.9 Å². The van der Waals surface area contributed by atoms with Gasteiger partial charge in [-0.05, 0) is 36.7 Å². The molecule has 3 heterocycles. The molecule has 0 bridgehead atoms. The molecule has 3 rings (SSSR count). The maximum Gasteiger partial charge on any atom is 0.215 e. The van der Waals surface area contributed by atoms with Gasteiger partial charge in [-0.3, -0.25) is 20.3 Å². The molecule has 0 aliphatic rings. The van der Waals surface area contributed by atoms with E-state index >= 15 is 0 Å². The highest BCUT2D eigenvalue weighted by Crippen LogP contribution is 2.31. The average Bonchev–Trinajstić information content (AvgIpc) is 3.31. The number of fused-ring (bicyclic) bond motifs is 1. The van der Waals surface area contributed by atoms with Gasteiger partial charge in [-0.25, -0.2) is 4.98 Å². The zero-order valence-corrected chi connectivity index (χ0v) is 24.1. The molecule has 3 aromatic heterocycles. The standard InChI is InChI=1S/C25H37N7O2SSi/c1-8-34-23(26)19(15-27-4)18-13-21-20(28-14-18)9-10-22(29-21)32(16-33-11-12-36(5,6)7)25-31-30-24(35-25)17(2)3/h9-10,13-15,17,19,26H,8,11-12,16H2,1-7H3. The number of rotatable bonds is 12. The van der Waals surface area contributed by atoms with Crippen molar-refractivity contribution in [2.45, 2.75) is 58.3 Å². The van der Waals surface area contributed by atoms with Crippen molar-refractivity contribution in [3.63, 3.8) is 0 Å². The van der Waals surface area contributed by atoms with E-state index in [1.165, 1.54) is 0 Å². The Labute approximate surface area is 218 Å². The van der Waals surface area contributed by atoms with Gasteiger partial charge >= 0.3 is 0 Å². The van der Waals surface area contributed by atoms with E-state index in [9.17, 15) is 0 Å². The molecule has 1 N–H and O–H groups in total. The zero-order valence-electron chi connectivity index (χ0n) is 22.3. The smallest absolute Gasteiger partial charge is 0.215 e. The van der Waals surface area contributed by atoms with Crippen molar-refractivity contribution in [2.24, 2.45) is 4.99 Å². The lowest BCUT2D eigenvalue weighted by atomic mass is 10.0. The van der Waals surface area contributed by atoms with E-state index < -0.39 is 14.0 Å². The second-order valence-electron chi connectivity index (χ2n) is 10.0. The molecular formula is C25H37N7O2SSi. The van der Waals surface area contributed by atoms with Gasteiger partial charge in [-0.2, -0.15) is 0 Å². The molecule has 0 radical (unpaired) electrons. The van der Waals surface area contributed by atoms with E-state index in [1.807, 2.05) is 30.0 Å². The lowest BCUT2D eigenvalue weighted by Crippen LogP contribution is -2.26. The molecule has 36 heavy (non-hydrogen) atoms.